The average Bonchev–Trinajstić information content (AvgIpc) is 2.41. The van der Waals surface area contributed by atoms with Crippen molar-refractivity contribution < 1.29 is 14.6 Å². The maximum absolute atomic E-state index is 11.6. The summed E-state index contributed by atoms with van der Waals surface area (Å²) in [4.78, 5) is 11.6. The predicted molar refractivity (Wildman–Crippen MR) is 79.2 cm³/mol. The molecule has 0 heterocycles. The van der Waals surface area contributed by atoms with E-state index in [0.29, 0.717) is 19.6 Å². The van der Waals surface area contributed by atoms with Crippen molar-refractivity contribution in [3.63, 3.8) is 0 Å². The molecule has 1 atom stereocenters. The van der Waals surface area contributed by atoms with Gasteiger partial charge in [0.1, 0.15) is 0 Å². The van der Waals surface area contributed by atoms with Gasteiger partial charge in [-0.25, -0.2) is 0 Å². The van der Waals surface area contributed by atoms with Crippen LogP contribution in [0.2, 0.25) is 0 Å². The van der Waals surface area contributed by atoms with E-state index in [-0.39, 0.29) is 17.9 Å². The SMILES string of the molecule is CC(C)(C)C(O)CNC(=O)CCOCc1ccccc1. The molecule has 0 aromatic heterocycles. The lowest BCUT2D eigenvalue weighted by Crippen LogP contribution is -2.39. The highest BCUT2D eigenvalue weighted by atomic mass is 16.5. The van der Waals surface area contributed by atoms with Gasteiger partial charge >= 0.3 is 0 Å². The molecule has 2 N–H and O–H groups in total. The first-order valence-corrected chi connectivity index (χ1v) is 6.96. The first-order valence-electron chi connectivity index (χ1n) is 6.96. The minimum Gasteiger partial charge on any atom is -0.391 e. The van der Waals surface area contributed by atoms with Crippen molar-refractivity contribution >= 4 is 5.91 Å². The number of aliphatic hydroxyl groups excluding tert-OH is 1. The van der Waals surface area contributed by atoms with Gasteiger partial charge in [0.15, 0.2) is 0 Å². The van der Waals surface area contributed by atoms with Crippen LogP contribution in [0.4, 0.5) is 0 Å². The first kappa shape index (κ1) is 16.7. The zero-order valence-electron chi connectivity index (χ0n) is 12.6. The standard InChI is InChI=1S/C16H25NO3/c1-16(2,3)14(18)11-17-15(19)9-10-20-12-13-7-5-4-6-8-13/h4-8,14,18H,9-12H2,1-3H3,(H,17,19). The zero-order chi connectivity index (χ0) is 15.0. The summed E-state index contributed by atoms with van der Waals surface area (Å²) in [6.45, 7) is 6.98. The highest BCUT2D eigenvalue weighted by Gasteiger charge is 2.22. The summed E-state index contributed by atoms with van der Waals surface area (Å²) in [6.07, 6.45) is -0.236. The predicted octanol–water partition coefficient (Wildman–Crippen LogP) is 2.12. The number of carbonyl (C=O) groups is 1. The number of carbonyl (C=O) groups excluding carboxylic acids is 1. The molecular weight excluding hydrogens is 254 g/mol. The summed E-state index contributed by atoms with van der Waals surface area (Å²) in [7, 11) is 0. The second-order valence-electron chi connectivity index (χ2n) is 5.97. The summed E-state index contributed by atoms with van der Waals surface area (Å²) < 4.78 is 5.44. The van der Waals surface area contributed by atoms with Gasteiger partial charge in [-0.1, -0.05) is 51.1 Å². The molecule has 0 saturated heterocycles. The number of benzene rings is 1. The van der Waals surface area contributed by atoms with Crippen molar-refractivity contribution in [2.45, 2.75) is 39.9 Å². The maximum Gasteiger partial charge on any atom is 0.222 e. The van der Waals surface area contributed by atoms with E-state index in [1.54, 1.807) is 0 Å². The number of nitrogens with one attached hydrogen (secondary N) is 1. The fraction of sp³-hybridized carbons (Fsp3) is 0.562. The lowest BCUT2D eigenvalue weighted by molar-refractivity contribution is -0.123. The van der Waals surface area contributed by atoms with Gasteiger partial charge in [0.25, 0.3) is 0 Å². The van der Waals surface area contributed by atoms with Crippen LogP contribution in [0.1, 0.15) is 32.8 Å². The lowest BCUT2D eigenvalue weighted by Gasteiger charge is -2.25. The topological polar surface area (TPSA) is 58.6 Å². The third kappa shape index (κ3) is 6.68. The van der Waals surface area contributed by atoms with E-state index in [2.05, 4.69) is 5.32 Å². The van der Waals surface area contributed by atoms with Crippen LogP contribution >= 0.6 is 0 Å². The van der Waals surface area contributed by atoms with Gasteiger partial charge in [-0.15, -0.1) is 0 Å². The summed E-state index contributed by atoms with van der Waals surface area (Å²) in [5, 5.41) is 12.5. The molecule has 0 spiro atoms. The molecule has 20 heavy (non-hydrogen) atoms. The molecule has 1 aromatic carbocycles. The van der Waals surface area contributed by atoms with Crippen LogP contribution < -0.4 is 5.32 Å². The molecule has 4 nitrogen and oxygen atoms in total. The number of rotatable bonds is 7. The van der Waals surface area contributed by atoms with Crippen molar-refractivity contribution in [2.24, 2.45) is 5.41 Å². The molecule has 0 fully saturated rings. The number of hydrogen-bond donors (Lipinski definition) is 2. The van der Waals surface area contributed by atoms with Crippen LogP contribution in [0, 0.1) is 5.41 Å². The van der Waals surface area contributed by atoms with Crippen LogP contribution in [0.5, 0.6) is 0 Å². The maximum atomic E-state index is 11.6. The molecule has 4 heteroatoms. The average molecular weight is 279 g/mol. The van der Waals surface area contributed by atoms with Crippen molar-refractivity contribution in [1.82, 2.24) is 5.32 Å². The Morgan fingerprint density at radius 2 is 1.95 bits per heavy atom. The van der Waals surface area contributed by atoms with E-state index < -0.39 is 6.10 Å². The molecule has 1 rings (SSSR count). The Morgan fingerprint density at radius 3 is 2.55 bits per heavy atom. The van der Waals surface area contributed by atoms with E-state index in [1.165, 1.54) is 0 Å². The van der Waals surface area contributed by atoms with Crippen LogP contribution in [0.15, 0.2) is 30.3 Å². The van der Waals surface area contributed by atoms with Crippen molar-refractivity contribution in [3.05, 3.63) is 35.9 Å². The third-order valence-electron chi connectivity index (χ3n) is 3.08. The smallest absolute Gasteiger partial charge is 0.222 e. The molecule has 0 aliphatic heterocycles. The molecule has 1 amide bonds. The van der Waals surface area contributed by atoms with Gasteiger partial charge in [-0.3, -0.25) is 4.79 Å². The summed E-state index contributed by atoms with van der Waals surface area (Å²) in [6, 6.07) is 9.84. The second-order valence-corrected chi connectivity index (χ2v) is 5.97. The molecule has 0 aliphatic carbocycles. The summed E-state index contributed by atoms with van der Waals surface area (Å²) in [5.74, 6) is -0.0960. The monoisotopic (exact) mass is 279 g/mol. The minimum absolute atomic E-state index is 0.0960. The van der Waals surface area contributed by atoms with E-state index in [1.807, 2.05) is 51.1 Å². The highest BCUT2D eigenvalue weighted by molar-refractivity contribution is 5.75. The number of hydrogen-bond acceptors (Lipinski definition) is 3. The van der Waals surface area contributed by atoms with Crippen LogP contribution in [-0.2, 0) is 16.1 Å². The Hall–Kier alpha value is -1.39. The third-order valence-corrected chi connectivity index (χ3v) is 3.08. The van der Waals surface area contributed by atoms with Gasteiger partial charge in [-0.05, 0) is 11.0 Å². The van der Waals surface area contributed by atoms with Gasteiger partial charge in [0, 0.05) is 13.0 Å². The zero-order valence-corrected chi connectivity index (χ0v) is 12.6. The van der Waals surface area contributed by atoms with Gasteiger partial charge < -0.3 is 15.2 Å². The Kier molecular flexibility index (Phi) is 6.68. The summed E-state index contributed by atoms with van der Waals surface area (Å²) in [5.41, 5.74) is 0.868. The van der Waals surface area contributed by atoms with Gasteiger partial charge in [0.2, 0.25) is 5.91 Å². The van der Waals surface area contributed by atoms with Crippen molar-refractivity contribution in [3.8, 4) is 0 Å². The van der Waals surface area contributed by atoms with E-state index in [0.717, 1.165) is 5.56 Å². The molecule has 0 bridgehead atoms. The number of amides is 1. The van der Waals surface area contributed by atoms with Crippen molar-refractivity contribution in [2.75, 3.05) is 13.2 Å². The Balaban J connectivity index is 2.12. The molecule has 0 saturated carbocycles. The fourth-order valence-electron chi connectivity index (χ4n) is 1.53. The van der Waals surface area contributed by atoms with Crippen LogP contribution in [0.3, 0.4) is 0 Å². The minimum atomic E-state index is -0.545. The number of aliphatic hydroxyl groups is 1. The van der Waals surface area contributed by atoms with E-state index in [4.69, 9.17) is 4.74 Å². The Bertz CT molecular complexity index is 398. The largest absolute Gasteiger partial charge is 0.391 e. The van der Waals surface area contributed by atoms with Crippen LogP contribution in [0.25, 0.3) is 0 Å². The lowest BCUT2D eigenvalue weighted by atomic mass is 9.89. The molecule has 0 radical (unpaired) electrons. The molecule has 112 valence electrons. The first-order chi connectivity index (χ1) is 9.39. The normalized spacial score (nSPS) is 13.0. The molecular formula is C16H25NO3. The van der Waals surface area contributed by atoms with E-state index in [9.17, 15) is 9.90 Å². The van der Waals surface area contributed by atoms with E-state index >= 15 is 0 Å². The van der Waals surface area contributed by atoms with Gasteiger partial charge in [0.05, 0.1) is 19.3 Å². The molecule has 1 unspecified atom stereocenters. The second kappa shape index (κ2) is 8.02. The summed E-state index contributed by atoms with van der Waals surface area (Å²) >= 11 is 0. The Morgan fingerprint density at radius 1 is 1.30 bits per heavy atom. The quantitative estimate of drug-likeness (QED) is 0.752. The fourth-order valence-corrected chi connectivity index (χ4v) is 1.53. The molecule has 1 aromatic rings. The Labute approximate surface area is 121 Å². The van der Waals surface area contributed by atoms with Crippen LogP contribution in [-0.4, -0.2) is 30.3 Å². The van der Waals surface area contributed by atoms with Gasteiger partial charge in [-0.2, -0.15) is 0 Å². The van der Waals surface area contributed by atoms with Crippen molar-refractivity contribution in [1.29, 1.82) is 0 Å². The number of ether oxygens (including phenoxy) is 1. The molecule has 0 aliphatic rings. The highest BCUT2D eigenvalue weighted by Crippen LogP contribution is 2.18.